The standard InChI is InChI=1S/C32H22O2/c1-18(32(33)34)27-28-23-14-6-2-10-19(23)21-12-4-8-16-25(21)30(28)31-26-17-9-5-13-22(26)20-11-3-7-15-24(20)29(27)31/h2-18,27H,1H3,(H,33,34). The molecule has 2 nitrogen and oxygen atoms in total. The summed E-state index contributed by atoms with van der Waals surface area (Å²) in [7, 11) is 0. The van der Waals surface area contributed by atoms with Crippen molar-refractivity contribution in [2.45, 2.75) is 12.8 Å². The first-order valence-corrected chi connectivity index (χ1v) is 11.8. The number of carboxylic acids is 1. The van der Waals surface area contributed by atoms with E-state index in [1.54, 1.807) is 0 Å². The van der Waals surface area contributed by atoms with Crippen LogP contribution >= 0.6 is 0 Å². The molecule has 1 atom stereocenters. The third-order valence-electron chi connectivity index (χ3n) is 7.71. The third-order valence-corrected chi connectivity index (χ3v) is 7.71. The molecule has 1 unspecified atom stereocenters. The molecule has 6 aromatic rings. The molecule has 0 fully saturated rings. The van der Waals surface area contributed by atoms with Crippen molar-refractivity contribution in [3.05, 3.63) is 108 Å². The Morgan fingerprint density at radius 2 is 0.853 bits per heavy atom. The fraction of sp³-hybridized carbons (Fsp3) is 0.0938. The van der Waals surface area contributed by atoms with E-state index < -0.39 is 11.9 Å². The summed E-state index contributed by atoms with van der Waals surface area (Å²) in [6.07, 6.45) is 0. The molecule has 0 spiro atoms. The van der Waals surface area contributed by atoms with Crippen LogP contribution in [0.15, 0.2) is 97.1 Å². The smallest absolute Gasteiger partial charge is 0.307 e. The van der Waals surface area contributed by atoms with Crippen molar-refractivity contribution in [2.24, 2.45) is 5.92 Å². The van der Waals surface area contributed by atoms with Crippen molar-refractivity contribution in [1.29, 1.82) is 0 Å². The van der Waals surface area contributed by atoms with Gasteiger partial charge in [-0.2, -0.15) is 0 Å². The molecular weight excluding hydrogens is 416 g/mol. The molecule has 0 radical (unpaired) electrons. The van der Waals surface area contributed by atoms with E-state index in [2.05, 4.69) is 97.1 Å². The van der Waals surface area contributed by atoms with Crippen molar-refractivity contribution < 1.29 is 9.90 Å². The minimum atomic E-state index is -0.765. The van der Waals surface area contributed by atoms with E-state index in [-0.39, 0.29) is 5.92 Å². The maximum atomic E-state index is 12.5. The lowest BCUT2D eigenvalue weighted by atomic mass is 9.80. The average molecular weight is 439 g/mol. The van der Waals surface area contributed by atoms with Crippen molar-refractivity contribution in [3.8, 4) is 11.1 Å². The molecule has 0 saturated carbocycles. The van der Waals surface area contributed by atoms with E-state index in [9.17, 15) is 9.90 Å². The van der Waals surface area contributed by atoms with Crippen LogP contribution in [0.4, 0.5) is 0 Å². The van der Waals surface area contributed by atoms with E-state index in [0.717, 1.165) is 21.9 Å². The van der Waals surface area contributed by atoms with Crippen LogP contribution in [0.25, 0.3) is 54.2 Å². The van der Waals surface area contributed by atoms with Crippen LogP contribution < -0.4 is 0 Å². The lowest BCUT2D eigenvalue weighted by Gasteiger charge is -2.22. The highest BCUT2D eigenvalue weighted by Gasteiger charge is 2.40. The molecule has 1 N–H and O–H groups in total. The van der Waals surface area contributed by atoms with Crippen LogP contribution in [0.3, 0.4) is 0 Å². The topological polar surface area (TPSA) is 37.3 Å². The Morgan fingerprint density at radius 1 is 0.559 bits per heavy atom. The number of fused-ring (bicyclic) bond motifs is 13. The minimum Gasteiger partial charge on any atom is -0.481 e. The van der Waals surface area contributed by atoms with Crippen molar-refractivity contribution in [2.75, 3.05) is 0 Å². The number of rotatable bonds is 2. The number of hydrogen-bond donors (Lipinski definition) is 1. The fourth-order valence-corrected chi connectivity index (χ4v) is 6.31. The van der Waals surface area contributed by atoms with Crippen LogP contribution in [0.1, 0.15) is 24.0 Å². The summed E-state index contributed by atoms with van der Waals surface area (Å²) in [6.45, 7) is 1.86. The fourth-order valence-electron chi connectivity index (χ4n) is 6.31. The zero-order valence-corrected chi connectivity index (χ0v) is 18.7. The Hall–Kier alpha value is -4.17. The minimum absolute atomic E-state index is 0.230. The quantitative estimate of drug-likeness (QED) is 0.277. The van der Waals surface area contributed by atoms with E-state index in [0.29, 0.717) is 0 Å². The second-order valence-electron chi connectivity index (χ2n) is 9.36. The molecule has 34 heavy (non-hydrogen) atoms. The summed E-state index contributed by atoms with van der Waals surface area (Å²) in [5.74, 6) is -1.56. The Balaban J connectivity index is 1.82. The molecule has 0 saturated heterocycles. The number of benzene rings is 6. The maximum Gasteiger partial charge on any atom is 0.307 e. The summed E-state index contributed by atoms with van der Waals surface area (Å²) in [5.41, 5.74) is 4.70. The molecule has 7 rings (SSSR count). The second kappa shape index (κ2) is 6.91. The van der Waals surface area contributed by atoms with Gasteiger partial charge in [-0.05, 0) is 65.3 Å². The monoisotopic (exact) mass is 438 g/mol. The van der Waals surface area contributed by atoms with Gasteiger partial charge < -0.3 is 5.11 Å². The lowest BCUT2D eigenvalue weighted by Crippen LogP contribution is -2.19. The lowest BCUT2D eigenvalue weighted by molar-refractivity contribution is -0.141. The van der Waals surface area contributed by atoms with Crippen LogP contribution in [0, 0.1) is 5.92 Å². The molecule has 1 aliphatic rings. The molecule has 1 aliphatic carbocycles. The van der Waals surface area contributed by atoms with E-state index >= 15 is 0 Å². The van der Waals surface area contributed by atoms with Crippen molar-refractivity contribution >= 4 is 49.1 Å². The molecule has 0 aromatic heterocycles. The predicted molar refractivity (Wildman–Crippen MR) is 141 cm³/mol. The number of carboxylic acid groups (broad SMARTS) is 1. The number of hydrogen-bond acceptors (Lipinski definition) is 1. The van der Waals surface area contributed by atoms with Gasteiger partial charge in [-0.25, -0.2) is 0 Å². The number of aliphatic carboxylic acids is 1. The van der Waals surface area contributed by atoms with Crippen LogP contribution in [0.2, 0.25) is 0 Å². The normalized spacial score (nSPS) is 14.0. The zero-order chi connectivity index (χ0) is 23.0. The average Bonchev–Trinajstić information content (AvgIpc) is 3.25. The van der Waals surface area contributed by atoms with Gasteiger partial charge in [0.25, 0.3) is 0 Å². The highest BCUT2D eigenvalue weighted by molar-refractivity contribution is 6.25. The van der Waals surface area contributed by atoms with Gasteiger partial charge in [0, 0.05) is 5.92 Å². The highest BCUT2D eigenvalue weighted by atomic mass is 16.4. The van der Waals surface area contributed by atoms with Gasteiger partial charge >= 0.3 is 5.97 Å². The summed E-state index contributed by atoms with van der Waals surface area (Å²) in [6, 6.07) is 34.1. The second-order valence-corrected chi connectivity index (χ2v) is 9.36. The summed E-state index contributed by atoms with van der Waals surface area (Å²) in [5, 5.41) is 19.7. The Labute approximate surface area is 197 Å². The maximum absolute atomic E-state index is 12.5. The summed E-state index contributed by atoms with van der Waals surface area (Å²) in [4.78, 5) is 12.5. The molecule has 0 amide bonds. The van der Waals surface area contributed by atoms with Crippen LogP contribution in [-0.4, -0.2) is 11.1 Å². The van der Waals surface area contributed by atoms with Gasteiger partial charge in [-0.15, -0.1) is 0 Å². The van der Waals surface area contributed by atoms with Crippen LogP contribution in [0.5, 0.6) is 0 Å². The SMILES string of the molecule is CC(C(=O)O)C1c2c(c3ccccc3c3ccccc23)-c2c1c1ccccc1c1ccccc21. The molecule has 0 heterocycles. The van der Waals surface area contributed by atoms with E-state index in [4.69, 9.17) is 0 Å². The van der Waals surface area contributed by atoms with Gasteiger partial charge in [0.1, 0.15) is 0 Å². The first kappa shape index (κ1) is 19.3. The summed E-state index contributed by atoms with van der Waals surface area (Å²) < 4.78 is 0. The first-order chi connectivity index (χ1) is 16.7. The van der Waals surface area contributed by atoms with Gasteiger partial charge in [-0.1, -0.05) is 104 Å². The molecule has 0 bridgehead atoms. The Bertz CT molecular complexity index is 1690. The molecule has 0 aliphatic heterocycles. The predicted octanol–water partition coefficient (Wildman–Crippen LogP) is 8.13. The van der Waals surface area contributed by atoms with Crippen molar-refractivity contribution in [3.63, 3.8) is 0 Å². The van der Waals surface area contributed by atoms with E-state index in [1.165, 1.54) is 43.4 Å². The Kier molecular flexibility index (Phi) is 3.93. The van der Waals surface area contributed by atoms with Crippen LogP contribution in [-0.2, 0) is 4.79 Å². The first-order valence-electron chi connectivity index (χ1n) is 11.8. The zero-order valence-electron chi connectivity index (χ0n) is 18.7. The highest BCUT2D eigenvalue weighted by Crippen LogP contribution is 2.58. The largest absolute Gasteiger partial charge is 0.481 e. The Morgan fingerprint density at radius 3 is 1.21 bits per heavy atom. The van der Waals surface area contributed by atoms with Gasteiger partial charge in [-0.3, -0.25) is 4.79 Å². The number of carbonyl (C=O) groups is 1. The van der Waals surface area contributed by atoms with Crippen molar-refractivity contribution in [1.82, 2.24) is 0 Å². The molecule has 162 valence electrons. The summed E-state index contributed by atoms with van der Waals surface area (Å²) >= 11 is 0. The molecular formula is C32H22O2. The third kappa shape index (κ3) is 2.38. The van der Waals surface area contributed by atoms with Gasteiger partial charge in [0.05, 0.1) is 5.92 Å². The molecule has 6 aromatic carbocycles. The molecule has 2 heteroatoms. The van der Waals surface area contributed by atoms with Gasteiger partial charge in [0.2, 0.25) is 0 Å². The van der Waals surface area contributed by atoms with Gasteiger partial charge in [0.15, 0.2) is 0 Å². The van der Waals surface area contributed by atoms with E-state index in [1.807, 2.05) is 6.92 Å².